The summed E-state index contributed by atoms with van der Waals surface area (Å²) in [5.74, 6) is 0.809. The van der Waals surface area contributed by atoms with Crippen molar-refractivity contribution in [3.63, 3.8) is 0 Å². The van der Waals surface area contributed by atoms with E-state index in [-0.39, 0.29) is 0 Å². The molecule has 0 saturated heterocycles. The topological polar surface area (TPSA) is 32.7 Å². The van der Waals surface area contributed by atoms with E-state index in [1.807, 2.05) is 49.4 Å². The highest BCUT2D eigenvalue weighted by Gasteiger charge is 2.15. The van der Waals surface area contributed by atoms with Gasteiger partial charge in [-0.2, -0.15) is 0 Å². The van der Waals surface area contributed by atoms with Gasteiger partial charge in [-0.1, -0.05) is 42.5 Å². The van der Waals surface area contributed by atoms with E-state index in [1.54, 1.807) is 0 Å². The average molecular weight is 313 g/mol. The molecule has 0 radical (unpaired) electrons. The summed E-state index contributed by atoms with van der Waals surface area (Å²) < 4.78 is 5.70. The van der Waals surface area contributed by atoms with Crippen LogP contribution >= 0.6 is 0 Å². The van der Waals surface area contributed by atoms with E-state index in [0.29, 0.717) is 19.2 Å². The van der Waals surface area contributed by atoms with Crippen molar-refractivity contribution < 1.29 is 9.84 Å². The van der Waals surface area contributed by atoms with Gasteiger partial charge in [-0.25, -0.2) is 0 Å². The van der Waals surface area contributed by atoms with E-state index < -0.39 is 6.10 Å². The van der Waals surface area contributed by atoms with E-state index in [4.69, 9.17) is 4.74 Å². The Balaban J connectivity index is 1.86. The first kappa shape index (κ1) is 17.5. The molecule has 0 saturated carbocycles. The third-order valence-corrected chi connectivity index (χ3v) is 3.84. The number of benzene rings is 2. The van der Waals surface area contributed by atoms with Gasteiger partial charge in [-0.3, -0.25) is 4.90 Å². The monoisotopic (exact) mass is 313 g/mol. The van der Waals surface area contributed by atoms with Crippen LogP contribution in [0.2, 0.25) is 0 Å². The molecular formula is C20H27NO2. The van der Waals surface area contributed by atoms with Crippen LogP contribution in [-0.4, -0.2) is 35.3 Å². The lowest BCUT2D eigenvalue weighted by Gasteiger charge is -2.28. The molecule has 2 aromatic carbocycles. The van der Waals surface area contributed by atoms with Crippen molar-refractivity contribution in [2.75, 3.05) is 13.2 Å². The van der Waals surface area contributed by atoms with Crippen LogP contribution in [0.1, 0.15) is 25.0 Å². The molecule has 0 aliphatic rings. The van der Waals surface area contributed by atoms with Crippen LogP contribution in [-0.2, 0) is 6.54 Å². The Labute approximate surface area is 139 Å². The minimum Gasteiger partial charge on any atom is -0.491 e. The molecule has 0 spiro atoms. The van der Waals surface area contributed by atoms with Crippen molar-refractivity contribution >= 4 is 0 Å². The SMILES string of the molecule is Cc1cccc(OCC(O)CN(Cc2ccccc2)C(C)C)c1. The number of ether oxygens (including phenoxy) is 1. The summed E-state index contributed by atoms with van der Waals surface area (Å²) in [5, 5.41) is 10.3. The summed E-state index contributed by atoms with van der Waals surface area (Å²) in [4.78, 5) is 2.26. The zero-order chi connectivity index (χ0) is 16.7. The van der Waals surface area contributed by atoms with Gasteiger partial charge in [0.05, 0.1) is 0 Å². The molecule has 0 heterocycles. The Morgan fingerprint density at radius 3 is 2.43 bits per heavy atom. The minimum absolute atomic E-state index is 0.307. The molecule has 0 aliphatic carbocycles. The summed E-state index contributed by atoms with van der Waals surface area (Å²) in [5.41, 5.74) is 2.41. The molecule has 2 rings (SSSR count). The maximum Gasteiger partial charge on any atom is 0.119 e. The van der Waals surface area contributed by atoms with Gasteiger partial charge < -0.3 is 9.84 Å². The largest absolute Gasteiger partial charge is 0.491 e. The average Bonchev–Trinajstić information content (AvgIpc) is 2.53. The van der Waals surface area contributed by atoms with Gasteiger partial charge in [0.15, 0.2) is 0 Å². The predicted octanol–water partition coefficient (Wildman–Crippen LogP) is 3.65. The number of hydrogen-bond acceptors (Lipinski definition) is 3. The van der Waals surface area contributed by atoms with Crippen molar-refractivity contribution in [1.29, 1.82) is 0 Å². The normalized spacial score (nSPS) is 12.6. The zero-order valence-electron chi connectivity index (χ0n) is 14.3. The fourth-order valence-electron chi connectivity index (χ4n) is 2.50. The Kier molecular flexibility index (Phi) is 6.63. The number of aliphatic hydroxyl groups excluding tert-OH is 1. The molecule has 124 valence electrons. The maximum atomic E-state index is 10.3. The second kappa shape index (κ2) is 8.70. The molecule has 1 N–H and O–H groups in total. The molecule has 0 bridgehead atoms. The van der Waals surface area contributed by atoms with Gasteiger partial charge in [0.1, 0.15) is 18.5 Å². The zero-order valence-corrected chi connectivity index (χ0v) is 14.3. The van der Waals surface area contributed by atoms with Gasteiger partial charge in [0.25, 0.3) is 0 Å². The first-order valence-electron chi connectivity index (χ1n) is 8.20. The third kappa shape index (κ3) is 6.05. The van der Waals surface area contributed by atoms with Crippen molar-refractivity contribution in [1.82, 2.24) is 4.90 Å². The lowest BCUT2D eigenvalue weighted by molar-refractivity contribution is 0.0543. The molecule has 3 heteroatoms. The Bertz CT molecular complexity index is 583. The summed E-state index contributed by atoms with van der Waals surface area (Å²) in [6.45, 7) is 8.07. The van der Waals surface area contributed by atoms with Crippen molar-refractivity contribution in [3.05, 3.63) is 65.7 Å². The van der Waals surface area contributed by atoms with Crippen molar-refractivity contribution in [2.24, 2.45) is 0 Å². The molecule has 3 nitrogen and oxygen atoms in total. The number of hydrogen-bond donors (Lipinski definition) is 1. The molecule has 0 aliphatic heterocycles. The van der Waals surface area contributed by atoms with Gasteiger partial charge >= 0.3 is 0 Å². The van der Waals surface area contributed by atoms with Crippen LogP contribution in [0.4, 0.5) is 0 Å². The van der Waals surface area contributed by atoms with Crippen molar-refractivity contribution in [2.45, 2.75) is 39.5 Å². The highest BCUT2D eigenvalue weighted by atomic mass is 16.5. The fourth-order valence-corrected chi connectivity index (χ4v) is 2.50. The van der Waals surface area contributed by atoms with E-state index >= 15 is 0 Å². The van der Waals surface area contributed by atoms with E-state index in [9.17, 15) is 5.11 Å². The summed E-state index contributed by atoms with van der Waals surface area (Å²) in [6.07, 6.45) is -0.512. The Morgan fingerprint density at radius 1 is 1.04 bits per heavy atom. The number of nitrogens with zero attached hydrogens (tertiary/aromatic N) is 1. The first-order chi connectivity index (χ1) is 11.0. The molecule has 2 aromatic rings. The van der Waals surface area contributed by atoms with Crippen LogP contribution in [0.25, 0.3) is 0 Å². The lowest BCUT2D eigenvalue weighted by Crippen LogP contribution is -2.39. The standard InChI is InChI=1S/C20H27NO2/c1-16(2)21(13-18-9-5-4-6-10-18)14-19(22)15-23-20-11-7-8-17(3)12-20/h4-12,16,19,22H,13-15H2,1-3H3. The maximum absolute atomic E-state index is 10.3. The van der Waals surface area contributed by atoms with Gasteiger partial charge in [0, 0.05) is 19.1 Å². The predicted molar refractivity (Wildman–Crippen MR) is 94.7 cm³/mol. The molecule has 1 unspecified atom stereocenters. The fraction of sp³-hybridized carbons (Fsp3) is 0.400. The third-order valence-electron chi connectivity index (χ3n) is 3.84. The molecule has 1 atom stereocenters. The highest BCUT2D eigenvalue weighted by molar-refractivity contribution is 5.27. The van der Waals surface area contributed by atoms with Crippen LogP contribution < -0.4 is 4.74 Å². The van der Waals surface area contributed by atoms with Gasteiger partial charge in [0.2, 0.25) is 0 Å². The van der Waals surface area contributed by atoms with Crippen LogP contribution in [0.3, 0.4) is 0 Å². The first-order valence-corrected chi connectivity index (χ1v) is 8.20. The quantitative estimate of drug-likeness (QED) is 0.807. The Hall–Kier alpha value is -1.84. The molecule has 0 aromatic heterocycles. The molecule has 0 amide bonds. The smallest absolute Gasteiger partial charge is 0.119 e. The summed E-state index contributed by atoms with van der Waals surface area (Å²) in [7, 11) is 0. The van der Waals surface area contributed by atoms with Crippen LogP contribution in [0, 0.1) is 6.92 Å². The number of aliphatic hydroxyl groups is 1. The highest BCUT2D eigenvalue weighted by Crippen LogP contribution is 2.13. The van der Waals surface area contributed by atoms with Crippen LogP contribution in [0.5, 0.6) is 5.75 Å². The number of aryl methyl sites for hydroxylation is 1. The van der Waals surface area contributed by atoms with Gasteiger partial charge in [-0.15, -0.1) is 0 Å². The van der Waals surface area contributed by atoms with E-state index in [0.717, 1.165) is 17.9 Å². The summed E-state index contributed by atoms with van der Waals surface area (Å²) in [6, 6.07) is 18.6. The van der Waals surface area contributed by atoms with Crippen LogP contribution in [0.15, 0.2) is 54.6 Å². The van der Waals surface area contributed by atoms with Crippen molar-refractivity contribution in [3.8, 4) is 5.75 Å². The molecular weight excluding hydrogens is 286 g/mol. The summed E-state index contributed by atoms with van der Waals surface area (Å²) >= 11 is 0. The van der Waals surface area contributed by atoms with Gasteiger partial charge in [-0.05, 0) is 44.0 Å². The second-order valence-electron chi connectivity index (χ2n) is 6.29. The molecule has 23 heavy (non-hydrogen) atoms. The minimum atomic E-state index is -0.512. The lowest BCUT2D eigenvalue weighted by atomic mass is 10.1. The second-order valence-corrected chi connectivity index (χ2v) is 6.29. The molecule has 0 fully saturated rings. The number of rotatable bonds is 8. The Morgan fingerprint density at radius 2 is 1.78 bits per heavy atom. The van der Waals surface area contributed by atoms with E-state index in [2.05, 4.69) is 30.9 Å². The van der Waals surface area contributed by atoms with E-state index in [1.165, 1.54) is 5.56 Å².